The minimum Gasteiger partial charge on any atom is -0.756 e. The summed E-state index contributed by atoms with van der Waals surface area (Å²) in [6, 6.07) is 1.80. The van der Waals surface area contributed by atoms with Gasteiger partial charge in [0.2, 0.25) is 0 Å². The van der Waals surface area contributed by atoms with Gasteiger partial charge in [0, 0.05) is 25.9 Å². The summed E-state index contributed by atoms with van der Waals surface area (Å²) in [6.07, 6.45) is 2.04. The number of rotatable bonds is 10. The molecule has 0 bridgehead atoms. The third kappa shape index (κ3) is 6.94. The number of nitrogens with one attached hydrogen (secondary N) is 1. The molecular formula is C13H21NO9P2-2. The van der Waals surface area contributed by atoms with E-state index in [9.17, 15) is 18.9 Å². The average molecular weight is 397 g/mol. The van der Waals surface area contributed by atoms with Crippen molar-refractivity contribution < 1.29 is 41.7 Å². The van der Waals surface area contributed by atoms with E-state index in [0.717, 1.165) is 12.7 Å². The minimum atomic E-state index is -4.54. The van der Waals surface area contributed by atoms with Gasteiger partial charge in [0.25, 0.3) is 15.6 Å². The largest absolute Gasteiger partial charge is 0.756 e. The van der Waals surface area contributed by atoms with Crippen LogP contribution in [0.3, 0.4) is 0 Å². The number of hydrogen-bond acceptors (Lipinski definition) is 9. The molecule has 1 aliphatic heterocycles. The van der Waals surface area contributed by atoms with Gasteiger partial charge in [0.1, 0.15) is 6.10 Å². The van der Waals surface area contributed by atoms with Crippen molar-refractivity contribution in [3.05, 3.63) is 24.0 Å². The summed E-state index contributed by atoms with van der Waals surface area (Å²) in [5.74, 6) is 0. The van der Waals surface area contributed by atoms with Gasteiger partial charge in [-0.1, -0.05) is 0 Å². The van der Waals surface area contributed by atoms with E-state index in [1.807, 2.05) is 0 Å². The number of aromatic nitrogens is 1. The highest BCUT2D eigenvalue weighted by Crippen LogP contribution is 2.44. The Morgan fingerprint density at radius 2 is 2.08 bits per heavy atom. The van der Waals surface area contributed by atoms with Gasteiger partial charge in [-0.2, -0.15) is 0 Å². The third-order valence-corrected chi connectivity index (χ3v) is 5.51. The molecule has 1 aromatic rings. The number of aromatic amines is 1. The first-order valence-corrected chi connectivity index (χ1v) is 10.6. The van der Waals surface area contributed by atoms with Gasteiger partial charge >= 0.3 is 0 Å². The third-order valence-electron chi connectivity index (χ3n) is 3.57. The Morgan fingerprint density at radius 3 is 2.72 bits per heavy atom. The molecule has 0 aromatic carbocycles. The van der Waals surface area contributed by atoms with Gasteiger partial charge in [0.05, 0.1) is 25.4 Å². The van der Waals surface area contributed by atoms with Crippen LogP contribution >= 0.6 is 15.6 Å². The second-order valence-corrected chi connectivity index (χ2v) is 8.42. The molecule has 12 heteroatoms. The van der Waals surface area contributed by atoms with Crippen molar-refractivity contribution in [1.82, 2.24) is 4.98 Å². The van der Waals surface area contributed by atoms with E-state index in [4.69, 9.17) is 18.3 Å². The van der Waals surface area contributed by atoms with Gasteiger partial charge in [-0.3, -0.25) is 9.13 Å². The number of phosphoric ester groups is 2. The lowest BCUT2D eigenvalue weighted by Crippen LogP contribution is -2.30. The van der Waals surface area contributed by atoms with Gasteiger partial charge in [-0.15, -0.1) is 0 Å². The Labute approximate surface area is 145 Å². The Hall–Kier alpha value is -0.540. The average Bonchev–Trinajstić information content (AvgIpc) is 3.15. The summed E-state index contributed by atoms with van der Waals surface area (Å²) in [5, 5.41) is 0. The summed E-state index contributed by atoms with van der Waals surface area (Å²) in [7, 11) is -8.03. The lowest BCUT2D eigenvalue weighted by atomic mass is 10.1. The zero-order chi connectivity index (χ0) is 18.5. The molecule has 0 amide bonds. The fraction of sp³-hybridized carbons (Fsp3) is 0.692. The van der Waals surface area contributed by atoms with Crippen LogP contribution in [0.2, 0.25) is 0 Å². The Morgan fingerprint density at radius 1 is 1.32 bits per heavy atom. The normalized spacial score (nSPS) is 28.6. The summed E-state index contributed by atoms with van der Waals surface area (Å²) in [4.78, 5) is 26.0. The highest BCUT2D eigenvalue weighted by atomic mass is 31.2. The van der Waals surface area contributed by atoms with Crippen molar-refractivity contribution in [3.8, 4) is 0 Å². The number of hydrogen-bond donors (Lipinski definition) is 1. The molecule has 5 atom stereocenters. The van der Waals surface area contributed by atoms with Gasteiger partial charge in [-0.05, 0) is 25.0 Å². The fourth-order valence-electron chi connectivity index (χ4n) is 2.38. The summed E-state index contributed by atoms with van der Waals surface area (Å²) in [5.41, 5.74) is 0.896. The molecule has 2 unspecified atom stereocenters. The fourth-order valence-corrected chi connectivity index (χ4v) is 3.74. The summed E-state index contributed by atoms with van der Waals surface area (Å²) >= 11 is 0. The summed E-state index contributed by atoms with van der Waals surface area (Å²) in [6.45, 7) is 1.23. The lowest BCUT2D eigenvalue weighted by Gasteiger charge is -2.29. The first kappa shape index (κ1) is 20.8. The predicted octanol–water partition coefficient (Wildman–Crippen LogP) is 0.736. The molecule has 0 aliphatic carbocycles. The van der Waals surface area contributed by atoms with E-state index in [1.54, 1.807) is 25.4 Å². The van der Waals surface area contributed by atoms with Crippen LogP contribution in [0.1, 0.15) is 18.9 Å². The van der Waals surface area contributed by atoms with Gasteiger partial charge in [0.15, 0.2) is 0 Å². The second-order valence-electron chi connectivity index (χ2n) is 5.54. The first-order valence-electron chi connectivity index (χ1n) is 7.63. The van der Waals surface area contributed by atoms with Crippen LogP contribution in [0.15, 0.2) is 18.5 Å². The van der Waals surface area contributed by atoms with Crippen molar-refractivity contribution in [3.63, 3.8) is 0 Å². The van der Waals surface area contributed by atoms with Crippen LogP contribution in [0.5, 0.6) is 0 Å². The molecule has 0 radical (unpaired) electrons. The summed E-state index contributed by atoms with van der Waals surface area (Å²) < 4.78 is 47.3. The van der Waals surface area contributed by atoms with Crippen LogP contribution in [-0.2, 0) is 38.4 Å². The second kappa shape index (κ2) is 8.90. The van der Waals surface area contributed by atoms with Crippen molar-refractivity contribution in [1.29, 1.82) is 0 Å². The smallest absolute Gasteiger partial charge is 0.267 e. The Kier molecular flexibility index (Phi) is 7.40. The van der Waals surface area contributed by atoms with Crippen LogP contribution < -0.4 is 9.79 Å². The maximum Gasteiger partial charge on any atom is 0.267 e. The molecule has 1 fully saturated rings. The molecule has 1 N–H and O–H groups in total. The first-order chi connectivity index (χ1) is 11.7. The number of ether oxygens (including phenoxy) is 1. The molecule has 2 heterocycles. The molecule has 2 rings (SSSR count). The number of H-pyrrole nitrogens is 1. The Bertz CT molecular complexity index is 623. The van der Waals surface area contributed by atoms with Crippen molar-refractivity contribution >= 4 is 15.6 Å². The van der Waals surface area contributed by atoms with E-state index in [-0.39, 0.29) is 19.1 Å². The molecule has 1 saturated heterocycles. The topological polar surface area (TPSA) is 142 Å². The van der Waals surface area contributed by atoms with Crippen molar-refractivity contribution in [2.75, 3.05) is 20.3 Å². The number of phosphoric acid groups is 2. The van der Waals surface area contributed by atoms with Crippen molar-refractivity contribution in [2.45, 2.75) is 38.1 Å². The molecule has 25 heavy (non-hydrogen) atoms. The van der Waals surface area contributed by atoms with E-state index in [0.29, 0.717) is 6.42 Å². The minimum absolute atomic E-state index is 0.0695. The monoisotopic (exact) mass is 397 g/mol. The molecule has 0 saturated carbocycles. The molecular weight excluding hydrogens is 376 g/mol. The Balaban J connectivity index is 1.80. The SMILES string of the molecule is COP(=O)([O-])O[C@@H]1C[C@H](C)O[C@@H]1COP(=O)([O-])OCCc1cc[nH]c1. The maximum atomic E-state index is 11.8. The molecule has 1 aliphatic rings. The lowest BCUT2D eigenvalue weighted by molar-refractivity contribution is -0.232. The molecule has 0 spiro atoms. The highest BCUT2D eigenvalue weighted by Gasteiger charge is 2.37. The van der Waals surface area contributed by atoms with Crippen molar-refractivity contribution in [2.24, 2.45) is 0 Å². The van der Waals surface area contributed by atoms with Crippen LogP contribution in [-0.4, -0.2) is 43.6 Å². The van der Waals surface area contributed by atoms with E-state index in [2.05, 4.69) is 9.51 Å². The van der Waals surface area contributed by atoms with E-state index < -0.39 is 34.5 Å². The van der Waals surface area contributed by atoms with Crippen LogP contribution in [0, 0.1) is 0 Å². The molecule has 10 nitrogen and oxygen atoms in total. The zero-order valence-corrected chi connectivity index (χ0v) is 15.7. The van der Waals surface area contributed by atoms with E-state index in [1.165, 1.54) is 0 Å². The van der Waals surface area contributed by atoms with Gasteiger partial charge in [-0.25, -0.2) is 0 Å². The zero-order valence-electron chi connectivity index (χ0n) is 13.9. The highest BCUT2D eigenvalue weighted by molar-refractivity contribution is 7.46. The van der Waals surface area contributed by atoms with Crippen LogP contribution in [0.4, 0.5) is 0 Å². The standard InChI is InChI=1S/C13H23NO9P2/c1-10-7-12(23-24(15,16)19-2)13(22-10)9-21-25(17,18)20-6-4-11-3-5-14-8-11/h3,5,8,10,12-14H,4,6-7,9H2,1-2H3,(H,15,16)(H,17,18)/p-2/t10-,12+,13+/m0/s1. The quantitative estimate of drug-likeness (QED) is 0.565. The maximum absolute atomic E-state index is 11.8. The van der Waals surface area contributed by atoms with Gasteiger partial charge < -0.3 is 37.6 Å². The molecule has 144 valence electrons. The predicted molar refractivity (Wildman–Crippen MR) is 82.4 cm³/mol. The van der Waals surface area contributed by atoms with E-state index >= 15 is 0 Å². The van der Waals surface area contributed by atoms with Crippen LogP contribution in [0.25, 0.3) is 0 Å². The molecule has 1 aromatic heterocycles.